The molecule has 5 nitrogen and oxygen atoms in total. The van der Waals surface area contributed by atoms with Gasteiger partial charge in [-0.3, -0.25) is 10.1 Å². The van der Waals surface area contributed by atoms with Gasteiger partial charge in [-0.25, -0.2) is 4.79 Å². The maximum atomic E-state index is 13.7. The highest BCUT2D eigenvalue weighted by atomic mass is 32.1. The highest BCUT2D eigenvalue weighted by molar-refractivity contribution is 7.16. The molecule has 0 unspecified atom stereocenters. The lowest BCUT2D eigenvalue weighted by atomic mass is 9.88. The van der Waals surface area contributed by atoms with Gasteiger partial charge < -0.3 is 10.6 Å². The lowest BCUT2D eigenvalue weighted by Gasteiger charge is -2.26. The molecule has 0 radical (unpaired) electrons. The lowest BCUT2D eigenvalue weighted by Crippen LogP contribution is -2.34. The number of thiophene rings is 1. The van der Waals surface area contributed by atoms with Gasteiger partial charge in [-0.15, -0.1) is 11.3 Å². The van der Waals surface area contributed by atoms with Crippen LogP contribution in [0.1, 0.15) is 73.2 Å². The van der Waals surface area contributed by atoms with Crippen LogP contribution in [0.2, 0.25) is 0 Å². The lowest BCUT2D eigenvalue weighted by molar-refractivity contribution is -0.0921. The minimum atomic E-state index is -4.47. The number of aldehydes is 1. The Bertz CT molecular complexity index is 947. The highest BCUT2D eigenvalue weighted by Crippen LogP contribution is 2.37. The van der Waals surface area contributed by atoms with Gasteiger partial charge in [0, 0.05) is 23.5 Å². The second-order valence-electron chi connectivity index (χ2n) is 8.59. The first-order valence-corrected chi connectivity index (χ1v) is 12.4. The molecule has 182 valence electrons. The topological polar surface area (TPSA) is 70.2 Å². The minimum absolute atomic E-state index is 0.145. The molecule has 3 N–H and O–H groups in total. The molecule has 0 aromatic carbocycles. The van der Waals surface area contributed by atoms with Gasteiger partial charge >= 0.3 is 12.2 Å². The molecule has 1 aromatic rings. The van der Waals surface area contributed by atoms with Gasteiger partial charge in [0.2, 0.25) is 0 Å². The molecule has 9 heteroatoms. The summed E-state index contributed by atoms with van der Waals surface area (Å²) in [5.41, 5.74) is 2.65. The van der Waals surface area contributed by atoms with E-state index in [4.69, 9.17) is 0 Å². The summed E-state index contributed by atoms with van der Waals surface area (Å²) >= 11 is 1.38. The number of carbonyl (C=O) groups is 2. The molecule has 0 spiro atoms. The Morgan fingerprint density at radius 1 is 1.21 bits per heavy atom. The number of hydrogen-bond donors (Lipinski definition) is 3. The number of aryl methyl sites for hydroxylation is 1. The van der Waals surface area contributed by atoms with Crippen molar-refractivity contribution in [3.8, 4) is 0 Å². The van der Waals surface area contributed by atoms with Crippen molar-refractivity contribution in [1.82, 2.24) is 10.6 Å². The van der Waals surface area contributed by atoms with Crippen molar-refractivity contribution in [2.24, 2.45) is 0 Å². The largest absolute Gasteiger partial charge is 0.412 e. The van der Waals surface area contributed by atoms with Crippen LogP contribution >= 0.6 is 11.3 Å². The number of carbonyl (C=O) groups excluding carboxylic acids is 2. The smallest absolute Gasteiger partial charge is 0.334 e. The van der Waals surface area contributed by atoms with Crippen LogP contribution in [0.5, 0.6) is 0 Å². The number of allylic oxidation sites excluding steroid dienone is 1. The normalized spacial score (nSPS) is 17.4. The summed E-state index contributed by atoms with van der Waals surface area (Å²) in [5.74, 6) is 0. The summed E-state index contributed by atoms with van der Waals surface area (Å²) in [6.45, 7) is 4.09. The van der Waals surface area contributed by atoms with Crippen LogP contribution < -0.4 is 16.0 Å². The van der Waals surface area contributed by atoms with Crippen LogP contribution in [0, 0.1) is 0 Å². The van der Waals surface area contributed by atoms with Crippen LogP contribution in [0.4, 0.5) is 23.0 Å². The van der Waals surface area contributed by atoms with Crippen LogP contribution in [0.3, 0.4) is 0 Å². The van der Waals surface area contributed by atoms with Crippen molar-refractivity contribution >= 4 is 28.7 Å². The molecule has 0 fully saturated rings. The first-order valence-electron chi connectivity index (χ1n) is 11.6. The second-order valence-corrected chi connectivity index (χ2v) is 9.70. The average Bonchev–Trinajstić information content (AvgIpc) is 3.14. The van der Waals surface area contributed by atoms with Gasteiger partial charge in [-0.2, -0.15) is 13.2 Å². The van der Waals surface area contributed by atoms with Gasteiger partial charge in [0.15, 0.2) is 6.29 Å². The third-order valence-corrected chi connectivity index (χ3v) is 7.60. The van der Waals surface area contributed by atoms with E-state index in [2.05, 4.69) is 22.9 Å². The molecule has 2 aliphatic rings. The van der Waals surface area contributed by atoms with Gasteiger partial charge in [0.25, 0.3) is 0 Å². The molecule has 1 aromatic heterocycles. The number of unbranched alkanes of at least 4 members (excludes halogenated alkanes) is 1. The summed E-state index contributed by atoms with van der Waals surface area (Å²) in [4.78, 5) is 25.4. The predicted molar refractivity (Wildman–Crippen MR) is 126 cm³/mol. The zero-order valence-corrected chi connectivity index (χ0v) is 20.0. The minimum Gasteiger partial charge on any atom is -0.334 e. The summed E-state index contributed by atoms with van der Waals surface area (Å²) in [5, 5.41) is 9.04. The van der Waals surface area contributed by atoms with Gasteiger partial charge in [-0.05, 0) is 75.1 Å². The standard InChI is InChI=1S/C24H32F3N3O2S/c1-3-4-7-16-12-28-11-10-17(16)19(15(2)24(25,26)27)13-29-23(32)30-22-20(14-31)18-8-5-6-9-21(18)33-22/h14,28H,3-13H2,1-2H3,(H2,29,30,32)/b19-15+. The van der Waals surface area contributed by atoms with Crippen molar-refractivity contribution in [2.45, 2.75) is 71.4 Å². The third kappa shape index (κ3) is 6.26. The molecular weight excluding hydrogens is 451 g/mol. The van der Waals surface area contributed by atoms with E-state index in [-0.39, 0.29) is 12.1 Å². The predicted octanol–water partition coefficient (Wildman–Crippen LogP) is 5.92. The molecule has 1 aliphatic heterocycles. The fourth-order valence-corrected chi connectivity index (χ4v) is 5.74. The van der Waals surface area contributed by atoms with Crippen LogP contribution in [0.25, 0.3) is 0 Å². The summed E-state index contributed by atoms with van der Waals surface area (Å²) in [7, 11) is 0. The van der Waals surface area contributed by atoms with Crippen molar-refractivity contribution < 1.29 is 22.8 Å². The number of amides is 2. The molecule has 0 saturated heterocycles. The monoisotopic (exact) mass is 483 g/mol. The van der Waals surface area contributed by atoms with Crippen molar-refractivity contribution in [1.29, 1.82) is 0 Å². The Morgan fingerprint density at radius 3 is 2.67 bits per heavy atom. The van der Waals surface area contributed by atoms with Crippen molar-refractivity contribution in [2.75, 3.05) is 25.0 Å². The Labute approximate surface area is 196 Å². The SMILES string of the molecule is CCCCC1=C(/C(CNC(=O)Nc2sc3c(c2C=O)CCCC3)=C(\C)C(F)(F)F)CCNC1. The van der Waals surface area contributed by atoms with Crippen LogP contribution in [-0.2, 0) is 12.8 Å². The Morgan fingerprint density at radius 2 is 1.97 bits per heavy atom. The number of urea groups is 1. The molecule has 33 heavy (non-hydrogen) atoms. The zero-order chi connectivity index (χ0) is 24.0. The van der Waals surface area contributed by atoms with Crippen molar-refractivity contribution in [3.63, 3.8) is 0 Å². The number of halogens is 3. The Kier molecular flexibility index (Phi) is 8.75. The van der Waals surface area contributed by atoms with Crippen molar-refractivity contribution in [3.05, 3.63) is 38.3 Å². The van der Waals surface area contributed by atoms with E-state index in [1.807, 2.05) is 0 Å². The van der Waals surface area contributed by atoms with E-state index in [1.54, 1.807) is 0 Å². The maximum absolute atomic E-state index is 13.7. The first-order chi connectivity index (χ1) is 15.8. The summed E-state index contributed by atoms with van der Waals surface area (Å²) in [6.07, 6.45) is 3.13. The fourth-order valence-electron chi connectivity index (χ4n) is 4.49. The van der Waals surface area contributed by atoms with E-state index in [9.17, 15) is 22.8 Å². The van der Waals surface area contributed by atoms with Crippen LogP contribution in [0.15, 0.2) is 22.3 Å². The number of anilines is 1. The van der Waals surface area contributed by atoms with Gasteiger partial charge in [-0.1, -0.05) is 18.9 Å². The van der Waals surface area contributed by atoms with E-state index in [1.165, 1.54) is 11.3 Å². The van der Waals surface area contributed by atoms with Gasteiger partial charge in [0.05, 0.1) is 5.56 Å². The number of hydrogen-bond acceptors (Lipinski definition) is 4. The average molecular weight is 484 g/mol. The quantitative estimate of drug-likeness (QED) is 0.402. The molecule has 2 amide bonds. The first kappa shape index (κ1) is 25.5. The third-order valence-electron chi connectivity index (χ3n) is 6.37. The Hall–Kier alpha value is -2.13. The highest BCUT2D eigenvalue weighted by Gasteiger charge is 2.34. The van der Waals surface area contributed by atoms with Crippen LogP contribution in [-0.4, -0.2) is 38.1 Å². The fraction of sp³-hybridized carbons (Fsp3) is 0.583. The molecule has 0 atom stereocenters. The summed E-state index contributed by atoms with van der Waals surface area (Å²) in [6, 6.07) is -0.603. The number of fused-ring (bicyclic) bond motifs is 1. The second kappa shape index (κ2) is 11.3. The van der Waals surface area contributed by atoms with E-state index in [0.717, 1.165) is 74.2 Å². The Balaban J connectivity index is 1.80. The molecular formula is C24H32F3N3O2S. The van der Waals surface area contributed by atoms with Gasteiger partial charge in [0.1, 0.15) is 5.00 Å². The van der Waals surface area contributed by atoms with E-state index < -0.39 is 17.8 Å². The molecule has 2 heterocycles. The van der Waals surface area contributed by atoms with E-state index >= 15 is 0 Å². The number of rotatable bonds is 8. The maximum Gasteiger partial charge on any atom is 0.412 e. The molecule has 1 aliphatic carbocycles. The molecule has 0 saturated carbocycles. The number of nitrogens with one attached hydrogen (secondary N) is 3. The zero-order valence-electron chi connectivity index (χ0n) is 19.2. The van der Waals surface area contributed by atoms with E-state index in [0.29, 0.717) is 35.6 Å². The molecule has 3 rings (SSSR count). The number of alkyl halides is 3. The molecule has 0 bridgehead atoms. The summed E-state index contributed by atoms with van der Waals surface area (Å²) < 4.78 is 41.0.